The smallest absolute Gasteiger partial charge is 0.274 e. The molecule has 156 valence electrons. The van der Waals surface area contributed by atoms with Gasteiger partial charge in [-0.25, -0.2) is 4.68 Å². The second-order valence-electron chi connectivity index (χ2n) is 6.94. The molecule has 0 aliphatic carbocycles. The van der Waals surface area contributed by atoms with Crippen LogP contribution in [-0.4, -0.2) is 32.5 Å². The van der Waals surface area contributed by atoms with E-state index in [9.17, 15) is 4.79 Å². The summed E-state index contributed by atoms with van der Waals surface area (Å²) in [5.74, 6) is 0.446. The number of carbonyl (C=O) groups excluding carboxylic acids is 1. The van der Waals surface area contributed by atoms with Crippen LogP contribution >= 0.6 is 0 Å². The molecule has 31 heavy (non-hydrogen) atoms. The lowest BCUT2D eigenvalue weighted by Gasteiger charge is -2.12. The molecule has 0 aliphatic heterocycles. The molecule has 0 unspecified atom stereocenters. The van der Waals surface area contributed by atoms with Crippen molar-refractivity contribution in [2.24, 2.45) is 0 Å². The Balaban J connectivity index is 1.69. The fourth-order valence-electron chi connectivity index (χ4n) is 3.38. The van der Waals surface area contributed by atoms with E-state index in [0.29, 0.717) is 18.8 Å². The Bertz CT molecular complexity index is 1190. The molecule has 0 fully saturated rings. The summed E-state index contributed by atoms with van der Waals surface area (Å²) in [7, 11) is 0. The SMILES string of the molecule is CCOc1ccccc1CNC(=O)c1nnn(-c2ccccc2C)c1-c1ccncc1. The zero-order valence-electron chi connectivity index (χ0n) is 17.4. The molecule has 2 heterocycles. The average molecular weight is 413 g/mol. The summed E-state index contributed by atoms with van der Waals surface area (Å²) in [6.45, 7) is 4.81. The van der Waals surface area contributed by atoms with Gasteiger partial charge in [0, 0.05) is 30.1 Å². The van der Waals surface area contributed by atoms with Crippen molar-refractivity contribution in [3.8, 4) is 22.7 Å². The largest absolute Gasteiger partial charge is 0.494 e. The van der Waals surface area contributed by atoms with Crippen LogP contribution < -0.4 is 10.1 Å². The molecular weight excluding hydrogens is 390 g/mol. The molecule has 4 aromatic rings. The first kappa shape index (κ1) is 20.3. The Labute approximate surface area is 180 Å². The maximum absolute atomic E-state index is 13.1. The number of carbonyl (C=O) groups is 1. The fourth-order valence-corrected chi connectivity index (χ4v) is 3.38. The van der Waals surface area contributed by atoms with E-state index in [0.717, 1.165) is 28.1 Å². The molecule has 0 aliphatic rings. The molecule has 1 N–H and O–H groups in total. The third kappa shape index (κ3) is 4.30. The Morgan fingerprint density at radius 1 is 1.03 bits per heavy atom. The van der Waals surface area contributed by atoms with Gasteiger partial charge in [0.2, 0.25) is 0 Å². The maximum Gasteiger partial charge on any atom is 0.274 e. The van der Waals surface area contributed by atoms with E-state index < -0.39 is 0 Å². The van der Waals surface area contributed by atoms with Gasteiger partial charge < -0.3 is 10.1 Å². The second-order valence-corrected chi connectivity index (χ2v) is 6.94. The minimum Gasteiger partial charge on any atom is -0.494 e. The van der Waals surface area contributed by atoms with Crippen LogP contribution in [0.25, 0.3) is 16.9 Å². The molecule has 2 aromatic carbocycles. The minimum atomic E-state index is -0.307. The number of nitrogens with one attached hydrogen (secondary N) is 1. The number of ether oxygens (including phenoxy) is 1. The molecular formula is C24H23N5O2. The van der Waals surface area contributed by atoms with E-state index in [4.69, 9.17) is 4.74 Å². The number of amides is 1. The monoisotopic (exact) mass is 413 g/mol. The van der Waals surface area contributed by atoms with Crippen LogP contribution in [0.4, 0.5) is 0 Å². The van der Waals surface area contributed by atoms with Gasteiger partial charge in [-0.1, -0.05) is 41.6 Å². The Morgan fingerprint density at radius 2 is 1.77 bits per heavy atom. The third-order valence-electron chi connectivity index (χ3n) is 4.89. The van der Waals surface area contributed by atoms with Crippen LogP contribution in [-0.2, 0) is 6.54 Å². The first-order valence-electron chi connectivity index (χ1n) is 10.1. The molecule has 1 amide bonds. The third-order valence-corrected chi connectivity index (χ3v) is 4.89. The topological polar surface area (TPSA) is 81.9 Å². The number of rotatable bonds is 7. The number of para-hydroxylation sites is 2. The summed E-state index contributed by atoms with van der Waals surface area (Å²) in [4.78, 5) is 17.2. The molecule has 7 nitrogen and oxygen atoms in total. The maximum atomic E-state index is 13.1. The van der Waals surface area contributed by atoms with Gasteiger partial charge in [0.15, 0.2) is 5.69 Å². The van der Waals surface area contributed by atoms with Crippen molar-refractivity contribution in [3.63, 3.8) is 0 Å². The van der Waals surface area contributed by atoms with Crippen molar-refractivity contribution in [1.29, 1.82) is 0 Å². The summed E-state index contributed by atoms with van der Waals surface area (Å²) in [5, 5.41) is 11.5. The van der Waals surface area contributed by atoms with Crippen molar-refractivity contribution in [2.75, 3.05) is 6.61 Å². The molecule has 7 heteroatoms. The molecule has 0 saturated carbocycles. The summed E-state index contributed by atoms with van der Waals surface area (Å²) in [6, 6.07) is 19.2. The summed E-state index contributed by atoms with van der Waals surface area (Å²) in [5.41, 5.74) is 4.47. The normalized spacial score (nSPS) is 10.6. The molecule has 0 spiro atoms. The molecule has 0 saturated heterocycles. The first-order chi connectivity index (χ1) is 15.2. The van der Waals surface area contributed by atoms with Crippen LogP contribution in [0.5, 0.6) is 5.75 Å². The van der Waals surface area contributed by atoms with Gasteiger partial charge in [-0.2, -0.15) is 0 Å². The van der Waals surface area contributed by atoms with Gasteiger partial charge in [-0.05, 0) is 43.7 Å². The zero-order chi connectivity index (χ0) is 21.6. The van der Waals surface area contributed by atoms with Gasteiger partial charge in [0.25, 0.3) is 5.91 Å². The van der Waals surface area contributed by atoms with Crippen molar-refractivity contribution >= 4 is 5.91 Å². The number of pyridine rings is 1. The van der Waals surface area contributed by atoms with E-state index in [1.165, 1.54) is 0 Å². The molecule has 4 rings (SSSR count). The lowest BCUT2D eigenvalue weighted by Crippen LogP contribution is -2.24. The number of benzene rings is 2. The van der Waals surface area contributed by atoms with Crippen molar-refractivity contribution in [3.05, 3.63) is 89.9 Å². The molecule has 0 radical (unpaired) electrons. The zero-order valence-corrected chi connectivity index (χ0v) is 17.4. The minimum absolute atomic E-state index is 0.253. The number of hydrogen-bond acceptors (Lipinski definition) is 5. The van der Waals surface area contributed by atoms with Crippen LogP contribution in [0.15, 0.2) is 73.1 Å². The highest BCUT2D eigenvalue weighted by molar-refractivity contribution is 5.98. The highest BCUT2D eigenvalue weighted by atomic mass is 16.5. The molecule has 0 atom stereocenters. The van der Waals surface area contributed by atoms with E-state index in [1.54, 1.807) is 17.1 Å². The van der Waals surface area contributed by atoms with Crippen LogP contribution in [0.3, 0.4) is 0 Å². The van der Waals surface area contributed by atoms with E-state index in [2.05, 4.69) is 20.6 Å². The number of aromatic nitrogens is 4. The Hall–Kier alpha value is -4.00. The van der Waals surface area contributed by atoms with Gasteiger partial charge in [-0.15, -0.1) is 5.10 Å². The van der Waals surface area contributed by atoms with Crippen molar-refractivity contribution in [1.82, 2.24) is 25.3 Å². The van der Waals surface area contributed by atoms with Crippen molar-refractivity contribution < 1.29 is 9.53 Å². The lowest BCUT2D eigenvalue weighted by atomic mass is 10.1. The second kappa shape index (κ2) is 9.21. The van der Waals surface area contributed by atoms with Crippen LogP contribution in [0.1, 0.15) is 28.5 Å². The van der Waals surface area contributed by atoms with E-state index >= 15 is 0 Å². The average Bonchev–Trinajstić information content (AvgIpc) is 3.24. The Morgan fingerprint density at radius 3 is 2.55 bits per heavy atom. The molecule has 2 aromatic heterocycles. The quantitative estimate of drug-likeness (QED) is 0.496. The summed E-state index contributed by atoms with van der Waals surface area (Å²) >= 11 is 0. The first-order valence-corrected chi connectivity index (χ1v) is 10.1. The highest BCUT2D eigenvalue weighted by Gasteiger charge is 2.23. The predicted octanol–water partition coefficient (Wildman–Crippen LogP) is 3.97. The van der Waals surface area contributed by atoms with Gasteiger partial charge in [-0.3, -0.25) is 9.78 Å². The van der Waals surface area contributed by atoms with Crippen LogP contribution in [0, 0.1) is 6.92 Å². The lowest BCUT2D eigenvalue weighted by molar-refractivity contribution is 0.0946. The number of hydrogen-bond donors (Lipinski definition) is 1. The fraction of sp³-hybridized carbons (Fsp3) is 0.167. The van der Waals surface area contributed by atoms with Crippen molar-refractivity contribution in [2.45, 2.75) is 20.4 Å². The van der Waals surface area contributed by atoms with Crippen LogP contribution in [0.2, 0.25) is 0 Å². The number of aryl methyl sites for hydroxylation is 1. The van der Waals surface area contributed by atoms with E-state index in [1.807, 2.05) is 74.5 Å². The summed E-state index contributed by atoms with van der Waals surface area (Å²) < 4.78 is 7.35. The molecule has 0 bridgehead atoms. The number of nitrogens with zero attached hydrogens (tertiary/aromatic N) is 4. The van der Waals surface area contributed by atoms with E-state index in [-0.39, 0.29) is 11.6 Å². The standard InChI is InChI=1S/C24H23N5O2/c1-3-31-21-11-7-5-9-19(21)16-26-24(30)22-23(18-12-14-25-15-13-18)29(28-27-22)20-10-6-4-8-17(20)2/h4-15H,3,16H2,1-2H3,(H,26,30). The summed E-state index contributed by atoms with van der Waals surface area (Å²) in [6.07, 6.45) is 3.37. The van der Waals surface area contributed by atoms with Gasteiger partial charge >= 0.3 is 0 Å². The highest BCUT2D eigenvalue weighted by Crippen LogP contribution is 2.26. The Kier molecular flexibility index (Phi) is 6.03. The van der Waals surface area contributed by atoms with Gasteiger partial charge in [0.05, 0.1) is 12.3 Å². The predicted molar refractivity (Wildman–Crippen MR) is 118 cm³/mol. The van der Waals surface area contributed by atoms with Gasteiger partial charge in [0.1, 0.15) is 11.4 Å².